The van der Waals surface area contributed by atoms with Crippen LogP contribution in [0.5, 0.6) is 0 Å². The number of hydrogen-bond acceptors (Lipinski definition) is 3. The lowest BCUT2D eigenvalue weighted by Crippen LogP contribution is -2.30. The van der Waals surface area contributed by atoms with Gasteiger partial charge in [0.1, 0.15) is 0 Å². The summed E-state index contributed by atoms with van der Waals surface area (Å²) in [6, 6.07) is 4.84. The molecule has 1 aromatic carbocycles. The molecule has 0 radical (unpaired) electrons. The first-order valence-corrected chi connectivity index (χ1v) is 6.73. The van der Waals surface area contributed by atoms with Crippen molar-refractivity contribution in [2.24, 2.45) is 0 Å². The molecule has 4 nitrogen and oxygen atoms in total. The second-order valence-corrected chi connectivity index (χ2v) is 5.55. The maximum Gasteiger partial charge on any atom is 0.243 e. The van der Waals surface area contributed by atoms with Gasteiger partial charge in [-0.25, -0.2) is 8.42 Å². The van der Waals surface area contributed by atoms with Crippen LogP contribution in [0, 0.1) is 6.92 Å². The van der Waals surface area contributed by atoms with Gasteiger partial charge in [0.2, 0.25) is 10.0 Å². The highest BCUT2D eigenvalue weighted by molar-refractivity contribution is 7.89. The molecule has 0 aliphatic heterocycles. The highest BCUT2D eigenvalue weighted by Crippen LogP contribution is 2.20. The van der Waals surface area contributed by atoms with Gasteiger partial charge in [-0.15, -0.1) is 0 Å². The zero-order valence-electron chi connectivity index (χ0n) is 9.90. The van der Waals surface area contributed by atoms with E-state index in [9.17, 15) is 8.42 Å². The molecule has 0 aromatic heterocycles. The Hall–Kier alpha value is -1.07. The van der Waals surface area contributed by atoms with Crippen molar-refractivity contribution in [3.05, 3.63) is 23.8 Å². The minimum Gasteiger partial charge on any atom is -0.398 e. The van der Waals surface area contributed by atoms with Gasteiger partial charge >= 0.3 is 0 Å². The molecule has 0 aliphatic rings. The van der Waals surface area contributed by atoms with Gasteiger partial charge in [0.25, 0.3) is 0 Å². The van der Waals surface area contributed by atoms with Gasteiger partial charge in [0, 0.05) is 18.8 Å². The Morgan fingerprint density at radius 1 is 1.25 bits per heavy atom. The maximum atomic E-state index is 12.1. The third-order valence-electron chi connectivity index (χ3n) is 2.59. The van der Waals surface area contributed by atoms with Crippen molar-refractivity contribution in [2.75, 3.05) is 18.8 Å². The topological polar surface area (TPSA) is 63.4 Å². The summed E-state index contributed by atoms with van der Waals surface area (Å²) in [5, 5.41) is 0. The number of anilines is 1. The molecule has 0 spiro atoms. The van der Waals surface area contributed by atoms with Crippen LogP contribution in [0.4, 0.5) is 5.69 Å². The molecular formula is C11H18N2O2S. The fraction of sp³-hybridized carbons (Fsp3) is 0.455. The van der Waals surface area contributed by atoms with E-state index in [4.69, 9.17) is 5.73 Å². The fourth-order valence-corrected chi connectivity index (χ4v) is 2.99. The second-order valence-electron chi connectivity index (χ2n) is 3.61. The summed E-state index contributed by atoms with van der Waals surface area (Å²) in [4.78, 5) is 0.263. The smallest absolute Gasteiger partial charge is 0.243 e. The largest absolute Gasteiger partial charge is 0.398 e. The summed E-state index contributed by atoms with van der Waals surface area (Å²) >= 11 is 0. The highest BCUT2D eigenvalue weighted by Gasteiger charge is 2.21. The van der Waals surface area contributed by atoms with Crippen LogP contribution in [-0.4, -0.2) is 25.8 Å². The average Bonchev–Trinajstić information content (AvgIpc) is 2.23. The van der Waals surface area contributed by atoms with Crippen molar-refractivity contribution in [3.8, 4) is 0 Å². The molecule has 1 rings (SSSR count). The Bertz CT molecular complexity index is 465. The molecule has 90 valence electrons. The molecule has 0 aliphatic carbocycles. The first-order chi connectivity index (χ1) is 7.43. The standard InChI is InChI=1S/C11H18N2O2S/c1-4-13(5-2)16(14,15)10-7-6-9(3)11(12)8-10/h6-8H,4-5,12H2,1-3H3. The molecule has 0 unspecified atom stereocenters. The predicted molar refractivity (Wildman–Crippen MR) is 65.7 cm³/mol. The van der Waals surface area contributed by atoms with Crippen molar-refractivity contribution in [1.29, 1.82) is 0 Å². The lowest BCUT2D eigenvalue weighted by molar-refractivity contribution is 0.445. The molecule has 0 atom stereocenters. The molecule has 2 N–H and O–H groups in total. The molecule has 0 amide bonds. The number of aryl methyl sites for hydroxylation is 1. The average molecular weight is 242 g/mol. The van der Waals surface area contributed by atoms with Crippen LogP contribution in [-0.2, 0) is 10.0 Å². The van der Waals surface area contributed by atoms with Gasteiger partial charge in [0.05, 0.1) is 4.90 Å². The van der Waals surface area contributed by atoms with Crippen LogP contribution in [0.1, 0.15) is 19.4 Å². The monoisotopic (exact) mass is 242 g/mol. The molecule has 0 saturated heterocycles. The predicted octanol–water partition coefficient (Wildman–Crippen LogP) is 1.61. The number of nitrogens with zero attached hydrogens (tertiary/aromatic N) is 1. The van der Waals surface area contributed by atoms with E-state index in [1.54, 1.807) is 12.1 Å². The quantitative estimate of drug-likeness (QED) is 0.816. The van der Waals surface area contributed by atoms with Crippen LogP contribution in [0.2, 0.25) is 0 Å². The van der Waals surface area contributed by atoms with Crippen molar-refractivity contribution in [2.45, 2.75) is 25.7 Å². The third kappa shape index (κ3) is 2.36. The summed E-state index contributed by atoms with van der Waals surface area (Å²) in [5.41, 5.74) is 7.11. The van der Waals surface area contributed by atoms with Crippen molar-refractivity contribution < 1.29 is 8.42 Å². The van der Waals surface area contributed by atoms with Crippen molar-refractivity contribution in [3.63, 3.8) is 0 Å². The Labute approximate surface area is 97.1 Å². The molecule has 1 aromatic rings. The Morgan fingerprint density at radius 3 is 2.25 bits per heavy atom. The van der Waals surface area contributed by atoms with Gasteiger partial charge in [-0.2, -0.15) is 4.31 Å². The number of benzene rings is 1. The van der Waals surface area contributed by atoms with Crippen LogP contribution < -0.4 is 5.73 Å². The zero-order chi connectivity index (χ0) is 12.3. The van der Waals surface area contributed by atoms with E-state index < -0.39 is 10.0 Å². The van der Waals surface area contributed by atoms with Gasteiger partial charge < -0.3 is 5.73 Å². The Balaban J connectivity index is 3.22. The van der Waals surface area contributed by atoms with E-state index >= 15 is 0 Å². The second kappa shape index (κ2) is 4.84. The van der Waals surface area contributed by atoms with E-state index in [1.807, 2.05) is 20.8 Å². The van der Waals surface area contributed by atoms with E-state index in [1.165, 1.54) is 10.4 Å². The number of rotatable bonds is 4. The number of nitrogen functional groups attached to an aromatic ring is 1. The molecule has 0 heterocycles. The van der Waals surface area contributed by atoms with Gasteiger partial charge in [-0.3, -0.25) is 0 Å². The molecule has 0 fully saturated rings. The molecule has 16 heavy (non-hydrogen) atoms. The molecule has 0 bridgehead atoms. The van der Waals surface area contributed by atoms with E-state index in [-0.39, 0.29) is 4.90 Å². The molecular weight excluding hydrogens is 224 g/mol. The van der Waals surface area contributed by atoms with Gasteiger partial charge in [-0.05, 0) is 24.6 Å². The minimum absolute atomic E-state index is 0.263. The van der Waals surface area contributed by atoms with E-state index in [0.717, 1.165) is 5.56 Å². The third-order valence-corrected chi connectivity index (χ3v) is 4.64. The zero-order valence-corrected chi connectivity index (χ0v) is 10.7. The van der Waals surface area contributed by atoms with Crippen molar-refractivity contribution >= 4 is 15.7 Å². The van der Waals surface area contributed by atoms with Crippen LogP contribution in [0.25, 0.3) is 0 Å². The minimum atomic E-state index is -3.39. The SMILES string of the molecule is CCN(CC)S(=O)(=O)c1ccc(C)c(N)c1. The summed E-state index contributed by atoms with van der Waals surface area (Å²) in [6.45, 7) is 6.42. The van der Waals surface area contributed by atoms with E-state index in [2.05, 4.69) is 0 Å². The lowest BCUT2D eigenvalue weighted by atomic mass is 10.2. The molecule has 0 saturated carbocycles. The maximum absolute atomic E-state index is 12.1. The Kier molecular flexibility index (Phi) is 3.93. The summed E-state index contributed by atoms with van der Waals surface area (Å²) < 4.78 is 25.7. The first kappa shape index (κ1) is 13.0. The number of nitrogens with two attached hydrogens (primary N) is 1. The van der Waals surface area contributed by atoms with Crippen molar-refractivity contribution in [1.82, 2.24) is 4.31 Å². The van der Waals surface area contributed by atoms with Gasteiger partial charge in [0.15, 0.2) is 0 Å². The first-order valence-electron chi connectivity index (χ1n) is 5.29. The summed E-state index contributed by atoms with van der Waals surface area (Å²) in [5.74, 6) is 0. The Morgan fingerprint density at radius 2 is 1.81 bits per heavy atom. The van der Waals surface area contributed by atoms with Crippen LogP contribution in [0.15, 0.2) is 23.1 Å². The lowest BCUT2D eigenvalue weighted by Gasteiger charge is -2.18. The summed E-state index contributed by atoms with van der Waals surface area (Å²) in [7, 11) is -3.39. The highest BCUT2D eigenvalue weighted by atomic mass is 32.2. The van der Waals surface area contributed by atoms with Gasteiger partial charge in [-0.1, -0.05) is 19.9 Å². The number of sulfonamides is 1. The van der Waals surface area contributed by atoms with Crippen LogP contribution in [0.3, 0.4) is 0 Å². The summed E-state index contributed by atoms with van der Waals surface area (Å²) in [6.07, 6.45) is 0. The fourth-order valence-electron chi connectivity index (χ4n) is 1.49. The molecule has 5 heteroatoms. The normalized spacial score (nSPS) is 12.0. The number of hydrogen-bond donors (Lipinski definition) is 1. The van der Waals surface area contributed by atoms with E-state index in [0.29, 0.717) is 18.8 Å². The van der Waals surface area contributed by atoms with Crippen LogP contribution >= 0.6 is 0 Å².